The summed E-state index contributed by atoms with van der Waals surface area (Å²) in [4.78, 5) is 17.6. The first kappa shape index (κ1) is 16.4. The van der Waals surface area contributed by atoms with Gasteiger partial charge in [-0.15, -0.1) is 11.3 Å². The average molecular weight is 337 g/mol. The van der Waals surface area contributed by atoms with Crippen LogP contribution in [0, 0.1) is 0 Å². The van der Waals surface area contributed by atoms with Crippen molar-refractivity contribution in [1.82, 2.24) is 4.98 Å². The fourth-order valence-electron chi connectivity index (χ4n) is 2.52. The topological polar surface area (TPSA) is 68.0 Å². The molecule has 3 rings (SSSR count). The minimum atomic E-state index is -0.143. The van der Waals surface area contributed by atoms with Crippen molar-refractivity contribution in [1.29, 1.82) is 0 Å². The van der Waals surface area contributed by atoms with Gasteiger partial charge in [0.05, 0.1) is 0 Å². The van der Waals surface area contributed by atoms with Crippen LogP contribution in [-0.4, -0.2) is 10.9 Å². The van der Waals surface area contributed by atoms with Crippen LogP contribution < -0.4 is 11.1 Å². The number of pyridine rings is 1. The molecule has 5 heteroatoms. The van der Waals surface area contributed by atoms with Gasteiger partial charge in [-0.3, -0.25) is 9.78 Å². The Balaban J connectivity index is 1.95. The van der Waals surface area contributed by atoms with Gasteiger partial charge in [-0.25, -0.2) is 0 Å². The predicted molar refractivity (Wildman–Crippen MR) is 99.2 cm³/mol. The number of nitrogens with one attached hydrogen (secondary N) is 1. The minimum Gasteiger partial charge on any atom is -0.324 e. The van der Waals surface area contributed by atoms with E-state index in [0.29, 0.717) is 5.56 Å². The number of thiophene rings is 1. The molecule has 3 N–H and O–H groups in total. The fraction of sp³-hybridized carbons (Fsp3) is 0.158. The number of anilines is 1. The van der Waals surface area contributed by atoms with E-state index in [-0.39, 0.29) is 11.9 Å². The first-order valence-electron chi connectivity index (χ1n) is 7.84. The van der Waals surface area contributed by atoms with Crippen LogP contribution in [0.15, 0.2) is 60.2 Å². The lowest BCUT2D eigenvalue weighted by Gasteiger charge is -2.16. The zero-order valence-electron chi connectivity index (χ0n) is 13.4. The number of rotatable bonds is 5. The number of hydrogen-bond acceptors (Lipinski definition) is 4. The molecule has 1 atom stereocenters. The summed E-state index contributed by atoms with van der Waals surface area (Å²) in [5.74, 6) is -0.143. The smallest absolute Gasteiger partial charge is 0.255 e. The summed E-state index contributed by atoms with van der Waals surface area (Å²) < 4.78 is 0. The number of hydrogen-bond donors (Lipinski definition) is 2. The van der Waals surface area contributed by atoms with Crippen molar-refractivity contribution in [3.05, 3.63) is 71.4 Å². The van der Waals surface area contributed by atoms with Crippen LogP contribution in [0.2, 0.25) is 0 Å². The van der Waals surface area contributed by atoms with Crippen molar-refractivity contribution in [3.8, 4) is 10.4 Å². The maximum absolute atomic E-state index is 12.5. The molecule has 0 spiro atoms. The van der Waals surface area contributed by atoms with Gasteiger partial charge in [0.25, 0.3) is 5.91 Å². The van der Waals surface area contributed by atoms with Gasteiger partial charge in [0.1, 0.15) is 0 Å². The third-order valence-corrected chi connectivity index (χ3v) is 4.78. The maximum Gasteiger partial charge on any atom is 0.255 e. The van der Waals surface area contributed by atoms with Gasteiger partial charge in [0.2, 0.25) is 0 Å². The Hall–Kier alpha value is -2.50. The second-order valence-electron chi connectivity index (χ2n) is 5.48. The molecule has 24 heavy (non-hydrogen) atoms. The van der Waals surface area contributed by atoms with Gasteiger partial charge >= 0.3 is 0 Å². The Morgan fingerprint density at radius 2 is 2.04 bits per heavy atom. The van der Waals surface area contributed by atoms with E-state index >= 15 is 0 Å². The van der Waals surface area contributed by atoms with E-state index in [1.165, 1.54) is 0 Å². The molecule has 2 aromatic heterocycles. The summed E-state index contributed by atoms with van der Waals surface area (Å²) in [5.41, 5.74) is 9.68. The van der Waals surface area contributed by atoms with Gasteiger partial charge in [0, 0.05) is 34.6 Å². The van der Waals surface area contributed by atoms with Crippen LogP contribution in [0.25, 0.3) is 10.4 Å². The number of carbonyl (C=O) groups excluding carboxylic acids is 1. The molecule has 0 bridgehead atoms. The molecule has 122 valence electrons. The number of amides is 1. The second kappa shape index (κ2) is 7.38. The highest BCUT2D eigenvalue weighted by atomic mass is 32.1. The molecular weight excluding hydrogens is 318 g/mol. The molecule has 4 nitrogen and oxygen atoms in total. The molecule has 0 aliphatic rings. The summed E-state index contributed by atoms with van der Waals surface area (Å²) in [6.45, 7) is 2.06. The zero-order valence-corrected chi connectivity index (χ0v) is 14.2. The SMILES string of the molecule is CCC(N)c1ccc(C(=O)Nc2ccncc2)cc1-c1cccs1. The van der Waals surface area contributed by atoms with Gasteiger partial charge in [-0.2, -0.15) is 0 Å². The Morgan fingerprint density at radius 3 is 2.71 bits per heavy atom. The average Bonchev–Trinajstić information content (AvgIpc) is 3.16. The quantitative estimate of drug-likeness (QED) is 0.721. The van der Waals surface area contributed by atoms with Crippen LogP contribution >= 0.6 is 11.3 Å². The number of benzene rings is 1. The Bertz CT molecular complexity index is 816. The highest BCUT2D eigenvalue weighted by Gasteiger charge is 2.15. The van der Waals surface area contributed by atoms with Crippen molar-refractivity contribution >= 4 is 22.9 Å². The first-order chi connectivity index (χ1) is 11.7. The van der Waals surface area contributed by atoms with E-state index in [9.17, 15) is 4.79 Å². The van der Waals surface area contributed by atoms with E-state index < -0.39 is 0 Å². The lowest BCUT2D eigenvalue weighted by atomic mass is 9.95. The largest absolute Gasteiger partial charge is 0.324 e. The molecule has 2 heterocycles. The fourth-order valence-corrected chi connectivity index (χ4v) is 3.29. The van der Waals surface area contributed by atoms with Crippen LogP contribution in [0.3, 0.4) is 0 Å². The van der Waals surface area contributed by atoms with Crippen LogP contribution in [0.1, 0.15) is 35.3 Å². The summed E-state index contributed by atoms with van der Waals surface area (Å²) in [7, 11) is 0. The highest BCUT2D eigenvalue weighted by molar-refractivity contribution is 7.13. The summed E-state index contributed by atoms with van der Waals surface area (Å²) >= 11 is 1.65. The number of aromatic nitrogens is 1. The lowest BCUT2D eigenvalue weighted by molar-refractivity contribution is 0.102. The molecule has 0 saturated heterocycles. The van der Waals surface area contributed by atoms with Gasteiger partial charge in [-0.1, -0.05) is 19.1 Å². The van der Waals surface area contributed by atoms with E-state index in [4.69, 9.17) is 5.73 Å². The number of nitrogens with two attached hydrogens (primary N) is 1. The maximum atomic E-state index is 12.5. The van der Waals surface area contributed by atoms with E-state index in [0.717, 1.165) is 28.1 Å². The van der Waals surface area contributed by atoms with Crippen molar-refractivity contribution in [3.63, 3.8) is 0 Å². The predicted octanol–water partition coefficient (Wildman–Crippen LogP) is 4.47. The second-order valence-corrected chi connectivity index (χ2v) is 6.43. The Labute approximate surface area is 145 Å². The molecule has 0 fully saturated rings. The van der Waals surface area contributed by atoms with E-state index in [2.05, 4.69) is 23.3 Å². The van der Waals surface area contributed by atoms with Crippen LogP contribution in [0.5, 0.6) is 0 Å². The van der Waals surface area contributed by atoms with Crippen molar-refractivity contribution < 1.29 is 4.79 Å². The molecular formula is C19H19N3OS. The molecule has 0 radical (unpaired) electrons. The van der Waals surface area contributed by atoms with Gasteiger partial charge in [-0.05, 0) is 53.3 Å². The molecule has 3 aromatic rings. The van der Waals surface area contributed by atoms with Crippen molar-refractivity contribution in [2.24, 2.45) is 5.73 Å². The van der Waals surface area contributed by atoms with Gasteiger partial charge in [0.15, 0.2) is 0 Å². The standard InChI is InChI=1S/C19H19N3OS/c1-2-17(20)15-6-5-13(12-16(15)18-4-3-11-24-18)19(23)22-14-7-9-21-10-8-14/h3-12,17H,2,20H2,1H3,(H,21,22,23). The van der Waals surface area contributed by atoms with Crippen molar-refractivity contribution in [2.45, 2.75) is 19.4 Å². The van der Waals surface area contributed by atoms with E-state index in [1.54, 1.807) is 35.9 Å². The molecule has 1 unspecified atom stereocenters. The normalized spacial score (nSPS) is 11.9. The molecule has 1 amide bonds. The highest BCUT2D eigenvalue weighted by Crippen LogP contribution is 2.33. The zero-order chi connectivity index (χ0) is 16.9. The molecule has 0 saturated carbocycles. The van der Waals surface area contributed by atoms with Crippen LogP contribution in [-0.2, 0) is 0 Å². The van der Waals surface area contributed by atoms with E-state index in [1.807, 2.05) is 29.6 Å². The number of carbonyl (C=O) groups is 1. The first-order valence-corrected chi connectivity index (χ1v) is 8.71. The molecule has 1 aromatic carbocycles. The van der Waals surface area contributed by atoms with Gasteiger partial charge < -0.3 is 11.1 Å². The Kier molecular flexibility index (Phi) is 5.03. The Morgan fingerprint density at radius 1 is 1.25 bits per heavy atom. The monoisotopic (exact) mass is 337 g/mol. The lowest BCUT2D eigenvalue weighted by Crippen LogP contribution is -2.14. The number of nitrogens with zero attached hydrogens (tertiary/aromatic N) is 1. The summed E-state index contributed by atoms with van der Waals surface area (Å²) in [5, 5.41) is 4.91. The molecule has 0 aliphatic carbocycles. The third-order valence-electron chi connectivity index (χ3n) is 3.88. The minimum absolute atomic E-state index is 0.0422. The summed E-state index contributed by atoms with van der Waals surface area (Å²) in [6, 6.07) is 13.3. The summed E-state index contributed by atoms with van der Waals surface area (Å²) in [6.07, 6.45) is 4.15. The van der Waals surface area contributed by atoms with Crippen molar-refractivity contribution in [2.75, 3.05) is 5.32 Å². The third kappa shape index (κ3) is 3.53. The molecule has 0 aliphatic heterocycles. The van der Waals surface area contributed by atoms with Crippen LogP contribution in [0.4, 0.5) is 5.69 Å².